The Hall–Kier alpha value is -4.04. The lowest BCUT2D eigenvalue weighted by molar-refractivity contribution is -0.138. The number of carbonyl (C=O) groups is 1. The van der Waals surface area contributed by atoms with Crippen LogP contribution in [0.1, 0.15) is 30.5 Å². The molecule has 0 fully saturated rings. The zero-order valence-electron chi connectivity index (χ0n) is 20.1. The molecule has 1 aliphatic rings. The molecule has 3 rings (SSSR count). The Bertz CT molecular complexity index is 1210. The number of amidine groups is 1. The van der Waals surface area contributed by atoms with Gasteiger partial charge in [-0.15, -0.1) is 0 Å². The number of nitrogens with zero attached hydrogens (tertiary/aromatic N) is 3. The summed E-state index contributed by atoms with van der Waals surface area (Å²) in [5, 5.41) is 14.8. The van der Waals surface area contributed by atoms with Crippen molar-refractivity contribution in [1.82, 2.24) is 15.5 Å². The molecule has 1 aliphatic heterocycles. The highest BCUT2D eigenvalue weighted by Crippen LogP contribution is 2.41. The van der Waals surface area contributed by atoms with E-state index in [4.69, 9.17) is 14.7 Å². The van der Waals surface area contributed by atoms with Gasteiger partial charge in [0, 0.05) is 13.1 Å². The SMILES string of the molecule is CCN(CC)CCNC1=NC(=O)NC1=Cc1ccc(Oc2ccc(C#N)cc2C(F)(F)F)c(OC)c1. The van der Waals surface area contributed by atoms with Gasteiger partial charge in [0.05, 0.1) is 30.0 Å². The van der Waals surface area contributed by atoms with Gasteiger partial charge in [-0.1, -0.05) is 19.9 Å². The van der Waals surface area contributed by atoms with Crippen LogP contribution in [0.5, 0.6) is 17.2 Å². The Morgan fingerprint density at radius 1 is 1.14 bits per heavy atom. The van der Waals surface area contributed by atoms with Crippen molar-refractivity contribution in [2.24, 2.45) is 4.99 Å². The molecule has 0 atom stereocenters. The van der Waals surface area contributed by atoms with Gasteiger partial charge in [-0.3, -0.25) is 0 Å². The maximum absolute atomic E-state index is 13.5. The Morgan fingerprint density at radius 3 is 2.50 bits per heavy atom. The number of methoxy groups -OCH3 is 1. The fraction of sp³-hybridized carbons (Fsp3) is 0.320. The minimum absolute atomic E-state index is 0.0524. The van der Waals surface area contributed by atoms with Gasteiger partial charge in [-0.25, -0.2) is 4.79 Å². The van der Waals surface area contributed by atoms with Crippen molar-refractivity contribution >= 4 is 17.9 Å². The van der Waals surface area contributed by atoms with Crippen LogP contribution in [0.4, 0.5) is 18.0 Å². The highest BCUT2D eigenvalue weighted by Gasteiger charge is 2.35. The average molecular weight is 502 g/mol. The van der Waals surface area contributed by atoms with Crippen molar-refractivity contribution in [3.63, 3.8) is 0 Å². The number of amides is 2. The first kappa shape index (κ1) is 26.6. The van der Waals surface area contributed by atoms with Crippen LogP contribution in [0.15, 0.2) is 47.1 Å². The number of rotatable bonds is 9. The quantitative estimate of drug-likeness (QED) is 0.514. The van der Waals surface area contributed by atoms with Crippen molar-refractivity contribution < 1.29 is 27.4 Å². The van der Waals surface area contributed by atoms with Crippen LogP contribution in [-0.2, 0) is 6.18 Å². The summed E-state index contributed by atoms with van der Waals surface area (Å²) in [6.07, 6.45) is -3.04. The van der Waals surface area contributed by atoms with Crippen molar-refractivity contribution in [1.29, 1.82) is 5.26 Å². The molecule has 0 bridgehead atoms. The molecular weight excluding hydrogens is 475 g/mol. The van der Waals surface area contributed by atoms with Gasteiger partial charge in [0.25, 0.3) is 0 Å². The number of nitrogens with one attached hydrogen (secondary N) is 2. The molecule has 2 amide bonds. The summed E-state index contributed by atoms with van der Waals surface area (Å²) in [7, 11) is 1.36. The molecule has 11 heteroatoms. The number of likely N-dealkylation sites (N-methyl/N-ethyl adjacent to an activating group) is 1. The summed E-state index contributed by atoms with van der Waals surface area (Å²) in [6, 6.07) is 8.90. The molecule has 190 valence electrons. The molecule has 2 aromatic carbocycles. The number of carbonyl (C=O) groups excluding carboxylic acids is 1. The second-order valence-electron chi connectivity index (χ2n) is 7.74. The predicted molar refractivity (Wildman–Crippen MR) is 129 cm³/mol. The van der Waals surface area contributed by atoms with E-state index in [1.54, 1.807) is 24.3 Å². The third-order valence-corrected chi connectivity index (χ3v) is 5.46. The molecule has 0 radical (unpaired) electrons. The zero-order valence-corrected chi connectivity index (χ0v) is 20.1. The highest BCUT2D eigenvalue weighted by molar-refractivity contribution is 6.13. The maximum atomic E-state index is 13.5. The molecule has 0 unspecified atom stereocenters. The normalized spacial score (nSPS) is 14.4. The van der Waals surface area contributed by atoms with Crippen LogP contribution in [-0.4, -0.2) is 50.1 Å². The Kier molecular flexibility index (Phi) is 8.55. The lowest BCUT2D eigenvalue weighted by Gasteiger charge is -2.18. The van der Waals surface area contributed by atoms with Gasteiger partial charge in [0.1, 0.15) is 5.75 Å². The van der Waals surface area contributed by atoms with Crippen LogP contribution in [0.25, 0.3) is 6.08 Å². The van der Waals surface area contributed by atoms with Crippen molar-refractivity contribution in [3.8, 4) is 23.3 Å². The first-order chi connectivity index (χ1) is 17.2. The molecule has 0 saturated carbocycles. The lowest BCUT2D eigenvalue weighted by Crippen LogP contribution is -2.35. The van der Waals surface area contributed by atoms with E-state index in [9.17, 15) is 18.0 Å². The van der Waals surface area contributed by atoms with Gasteiger partial charge in [0.2, 0.25) is 0 Å². The van der Waals surface area contributed by atoms with Gasteiger partial charge in [0.15, 0.2) is 17.3 Å². The highest BCUT2D eigenvalue weighted by atomic mass is 19.4. The van der Waals surface area contributed by atoms with Crippen LogP contribution < -0.4 is 20.1 Å². The van der Waals surface area contributed by atoms with E-state index in [0.717, 1.165) is 31.8 Å². The predicted octanol–water partition coefficient (Wildman–Crippen LogP) is 4.77. The fourth-order valence-electron chi connectivity index (χ4n) is 3.53. The zero-order chi connectivity index (χ0) is 26.3. The van der Waals surface area contributed by atoms with E-state index < -0.39 is 23.5 Å². The molecule has 2 aromatic rings. The number of benzene rings is 2. The van der Waals surface area contributed by atoms with Crippen molar-refractivity contribution in [2.75, 3.05) is 33.3 Å². The number of hydrogen-bond donors (Lipinski definition) is 2. The maximum Gasteiger partial charge on any atom is 0.420 e. The number of ether oxygens (including phenoxy) is 2. The third-order valence-electron chi connectivity index (χ3n) is 5.46. The number of aliphatic imine (C=N–C) groups is 1. The summed E-state index contributed by atoms with van der Waals surface area (Å²) in [5.74, 6) is 0.176. The van der Waals surface area contributed by atoms with E-state index in [1.165, 1.54) is 19.2 Å². The van der Waals surface area contributed by atoms with E-state index in [0.29, 0.717) is 23.6 Å². The number of hydrogen-bond acceptors (Lipinski definition) is 6. The Balaban J connectivity index is 1.82. The molecule has 0 aliphatic carbocycles. The number of urea groups is 1. The lowest BCUT2D eigenvalue weighted by atomic mass is 10.1. The number of alkyl halides is 3. The summed E-state index contributed by atoms with van der Waals surface area (Å²) in [4.78, 5) is 18.0. The Morgan fingerprint density at radius 2 is 1.86 bits per heavy atom. The largest absolute Gasteiger partial charge is 0.493 e. The number of nitriles is 1. The summed E-state index contributed by atoms with van der Waals surface area (Å²) < 4.78 is 51.4. The van der Waals surface area contributed by atoms with Gasteiger partial charge in [-0.05, 0) is 55.1 Å². The molecule has 36 heavy (non-hydrogen) atoms. The molecule has 0 saturated heterocycles. The van der Waals surface area contributed by atoms with Crippen LogP contribution in [0, 0.1) is 11.3 Å². The molecule has 8 nitrogen and oxygen atoms in total. The third kappa shape index (κ3) is 6.55. The van der Waals surface area contributed by atoms with Gasteiger partial charge >= 0.3 is 12.2 Å². The van der Waals surface area contributed by atoms with E-state index in [1.807, 2.05) is 0 Å². The fourth-order valence-corrected chi connectivity index (χ4v) is 3.53. The first-order valence-corrected chi connectivity index (χ1v) is 11.2. The van der Waals surface area contributed by atoms with Crippen LogP contribution in [0.3, 0.4) is 0 Å². The minimum Gasteiger partial charge on any atom is -0.493 e. The first-order valence-electron chi connectivity index (χ1n) is 11.2. The van der Waals surface area contributed by atoms with E-state index in [2.05, 4.69) is 34.4 Å². The van der Waals surface area contributed by atoms with Crippen LogP contribution in [0.2, 0.25) is 0 Å². The topological polar surface area (TPSA) is 99.0 Å². The molecule has 0 aromatic heterocycles. The minimum atomic E-state index is -4.71. The molecular formula is C25H26F3N5O3. The second-order valence-corrected chi connectivity index (χ2v) is 7.74. The van der Waals surface area contributed by atoms with Gasteiger partial charge < -0.3 is 25.0 Å². The average Bonchev–Trinajstić information content (AvgIpc) is 3.20. The van der Waals surface area contributed by atoms with Crippen molar-refractivity contribution in [3.05, 3.63) is 58.8 Å². The molecule has 0 spiro atoms. The monoisotopic (exact) mass is 501 g/mol. The number of halogens is 3. The van der Waals surface area contributed by atoms with Gasteiger partial charge in [-0.2, -0.15) is 23.4 Å². The van der Waals surface area contributed by atoms with Crippen LogP contribution >= 0.6 is 0 Å². The standard InChI is InChI=1S/C25H26F3N5O3/c1-4-33(5-2)11-10-30-23-19(31-24(34)32-23)13-16-6-9-21(22(14-16)35-3)36-20-8-7-17(15-29)12-18(20)25(26,27)28/h6-9,12-14H,4-5,10-11H2,1-3H3,(H2,30,31,32,34). The molecule has 1 heterocycles. The Labute approximate surface area is 207 Å². The summed E-state index contributed by atoms with van der Waals surface area (Å²) >= 11 is 0. The van der Waals surface area contributed by atoms with E-state index >= 15 is 0 Å². The second kappa shape index (κ2) is 11.6. The van der Waals surface area contributed by atoms with E-state index in [-0.39, 0.29) is 17.1 Å². The van der Waals surface area contributed by atoms with Crippen molar-refractivity contribution in [2.45, 2.75) is 20.0 Å². The molecule has 2 N–H and O–H groups in total. The summed E-state index contributed by atoms with van der Waals surface area (Å²) in [5.41, 5.74) is -0.141. The summed E-state index contributed by atoms with van der Waals surface area (Å²) in [6.45, 7) is 7.33. The smallest absolute Gasteiger partial charge is 0.420 e.